The van der Waals surface area contributed by atoms with E-state index in [1.165, 1.54) is 25.0 Å². The van der Waals surface area contributed by atoms with Crippen LogP contribution in [0.4, 0.5) is 14.9 Å². The molecule has 3 atom stereocenters. The van der Waals surface area contributed by atoms with Crippen LogP contribution in [-0.4, -0.2) is 12.1 Å². The second-order valence-electron chi connectivity index (χ2n) is 7.28. The summed E-state index contributed by atoms with van der Waals surface area (Å²) >= 11 is 0. The molecule has 0 radical (unpaired) electrons. The van der Waals surface area contributed by atoms with Crippen molar-refractivity contribution in [3.63, 3.8) is 0 Å². The average molecular weight is 354 g/mol. The number of hydrogen-bond donors (Lipinski definition) is 2. The van der Waals surface area contributed by atoms with E-state index in [0.717, 1.165) is 16.8 Å². The molecule has 26 heavy (non-hydrogen) atoms. The Hall–Kier alpha value is -2.56. The Balaban J connectivity index is 1.50. The highest BCUT2D eigenvalue weighted by Crippen LogP contribution is 2.45. The Labute approximate surface area is 152 Å². The molecule has 2 aromatic rings. The zero-order valence-corrected chi connectivity index (χ0v) is 14.7. The highest BCUT2D eigenvalue weighted by atomic mass is 19.1. The lowest BCUT2D eigenvalue weighted by molar-refractivity contribution is 0.130. The van der Waals surface area contributed by atoms with Gasteiger partial charge < -0.3 is 15.4 Å². The molecule has 1 saturated carbocycles. The maximum atomic E-state index is 13.8. The third kappa shape index (κ3) is 3.52. The van der Waals surface area contributed by atoms with Gasteiger partial charge in [0.2, 0.25) is 0 Å². The van der Waals surface area contributed by atoms with Crippen molar-refractivity contribution in [3.05, 3.63) is 65.5 Å². The van der Waals surface area contributed by atoms with Gasteiger partial charge in [-0.05, 0) is 42.5 Å². The van der Waals surface area contributed by atoms with Crippen LogP contribution in [0.1, 0.15) is 36.9 Å². The van der Waals surface area contributed by atoms with Gasteiger partial charge in [-0.15, -0.1) is 0 Å². The quantitative estimate of drug-likeness (QED) is 0.841. The van der Waals surface area contributed by atoms with Crippen LogP contribution in [0.3, 0.4) is 0 Å². The predicted molar refractivity (Wildman–Crippen MR) is 98.2 cm³/mol. The summed E-state index contributed by atoms with van der Waals surface area (Å²) < 4.78 is 19.2. The molecule has 2 aliphatic rings. The van der Waals surface area contributed by atoms with E-state index in [9.17, 15) is 9.18 Å². The minimum atomic E-state index is -0.475. The van der Waals surface area contributed by atoms with Gasteiger partial charge >= 0.3 is 6.09 Å². The number of rotatable bonds is 4. The number of ether oxygens (including phenoxy) is 1. The molecule has 1 fully saturated rings. The highest BCUT2D eigenvalue weighted by Gasteiger charge is 2.42. The molecule has 0 bridgehead atoms. The SMILES string of the molecule is C[C@@H]1C(NC(=O)OCc2ccccc2)c2cc(F)ccc2N[C@H]1C1CC1. The van der Waals surface area contributed by atoms with Gasteiger partial charge in [0.25, 0.3) is 0 Å². The molecule has 0 spiro atoms. The maximum absolute atomic E-state index is 13.8. The summed E-state index contributed by atoms with van der Waals surface area (Å²) in [6, 6.07) is 14.3. The first-order valence-electron chi connectivity index (χ1n) is 9.15. The predicted octanol–water partition coefficient (Wildman–Crippen LogP) is 4.63. The summed E-state index contributed by atoms with van der Waals surface area (Å²) in [6.07, 6.45) is 1.92. The second kappa shape index (κ2) is 6.98. The van der Waals surface area contributed by atoms with Crippen molar-refractivity contribution in [1.82, 2.24) is 5.32 Å². The van der Waals surface area contributed by atoms with Crippen molar-refractivity contribution in [1.29, 1.82) is 0 Å². The van der Waals surface area contributed by atoms with E-state index in [-0.39, 0.29) is 30.4 Å². The Morgan fingerprint density at radius 3 is 2.73 bits per heavy atom. The molecular formula is C21H23FN2O2. The summed E-state index contributed by atoms with van der Waals surface area (Å²) in [6.45, 7) is 2.32. The minimum Gasteiger partial charge on any atom is -0.445 e. The largest absolute Gasteiger partial charge is 0.445 e. The summed E-state index contributed by atoms with van der Waals surface area (Å²) in [5, 5.41) is 6.51. The molecule has 1 unspecified atom stereocenters. The van der Waals surface area contributed by atoms with E-state index in [2.05, 4.69) is 17.6 Å². The molecule has 4 nitrogen and oxygen atoms in total. The summed E-state index contributed by atoms with van der Waals surface area (Å²) in [4.78, 5) is 12.4. The van der Waals surface area contributed by atoms with Gasteiger partial charge in [-0.3, -0.25) is 0 Å². The number of anilines is 1. The number of benzene rings is 2. The fraction of sp³-hybridized carbons (Fsp3) is 0.381. The molecule has 0 aromatic heterocycles. The molecule has 1 amide bonds. The zero-order valence-electron chi connectivity index (χ0n) is 14.7. The molecule has 0 saturated heterocycles. The van der Waals surface area contributed by atoms with Crippen molar-refractivity contribution in [2.24, 2.45) is 11.8 Å². The first-order chi connectivity index (χ1) is 12.6. The van der Waals surface area contributed by atoms with E-state index in [4.69, 9.17) is 4.74 Å². The zero-order chi connectivity index (χ0) is 18.1. The molecule has 1 aliphatic carbocycles. The van der Waals surface area contributed by atoms with E-state index in [0.29, 0.717) is 5.92 Å². The van der Waals surface area contributed by atoms with E-state index in [1.54, 1.807) is 6.07 Å². The first-order valence-corrected chi connectivity index (χ1v) is 9.15. The lowest BCUT2D eigenvalue weighted by atomic mass is 9.81. The topological polar surface area (TPSA) is 50.4 Å². The molecule has 2 N–H and O–H groups in total. The minimum absolute atomic E-state index is 0.154. The Bertz CT molecular complexity index is 792. The third-order valence-electron chi connectivity index (χ3n) is 5.38. The van der Waals surface area contributed by atoms with Crippen LogP contribution < -0.4 is 10.6 Å². The monoisotopic (exact) mass is 354 g/mol. The summed E-state index contributed by atoms with van der Waals surface area (Å²) in [7, 11) is 0. The lowest BCUT2D eigenvalue weighted by Crippen LogP contribution is -2.45. The van der Waals surface area contributed by atoms with Crippen molar-refractivity contribution >= 4 is 11.8 Å². The van der Waals surface area contributed by atoms with Crippen LogP contribution in [0.5, 0.6) is 0 Å². The van der Waals surface area contributed by atoms with Crippen molar-refractivity contribution < 1.29 is 13.9 Å². The Kier molecular flexibility index (Phi) is 4.53. The number of nitrogens with one attached hydrogen (secondary N) is 2. The smallest absolute Gasteiger partial charge is 0.407 e. The number of halogens is 1. The van der Waals surface area contributed by atoms with Crippen molar-refractivity contribution in [2.75, 3.05) is 5.32 Å². The molecule has 4 rings (SSSR count). The molecular weight excluding hydrogens is 331 g/mol. The first kappa shape index (κ1) is 16.9. The van der Waals surface area contributed by atoms with E-state index in [1.807, 2.05) is 30.3 Å². The average Bonchev–Trinajstić information content (AvgIpc) is 3.48. The van der Waals surface area contributed by atoms with E-state index >= 15 is 0 Å². The molecule has 1 aliphatic heterocycles. The Morgan fingerprint density at radius 1 is 1.23 bits per heavy atom. The number of amides is 1. The fourth-order valence-electron chi connectivity index (χ4n) is 3.83. The number of carbonyl (C=O) groups excluding carboxylic acids is 1. The third-order valence-corrected chi connectivity index (χ3v) is 5.38. The van der Waals surface area contributed by atoms with Gasteiger partial charge in [-0.25, -0.2) is 9.18 Å². The summed E-state index contributed by atoms with van der Waals surface area (Å²) in [5.41, 5.74) is 2.61. The van der Waals surface area contributed by atoms with Crippen LogP contribution in [0.2, 0.25) is 0 Å². The number of carbonyl (C=O) groups is 1. The van der Waals surface area contributed by atoms with Gasteiger partial charge in [-0.2, -0.15) is 0 Å². The highest BCUT2D eigenvalue weighted by molar-refractivity contribution is 5.69. The van der Waals surface area contributed by atoms with Gasteiger partial charge in [0.1, 0.15) is 12.4 Å². The molecule has 136 valence electrons. The van der Waals surface area contributed by atoms with Crippen LogP contribution in [0.15, 0.2) is 48.5 Å². The lowest BCUT2D eigenvalue weighted by Gasteiger charge is -2.39. The van der Waals surface area contributed by atoms with Crippen LogP contribution in [0.25, 0.3) is 0 Å². The Morgan fingerprint density at radius 2 is 2.00 bits per heavy atom. The molecule has 1 heterocycles. The van der Waals surface area contributed by atoms with Crippen LogP contribution >= 0.6 is 0 Å². The maximum Gasteiger partial charge on any atom is 0.407 e. The van der Waals surface area contributed by atoms with Gasteiger partial charge in [0.15, 0.2) is 0 Å². The van der Waals surface area contributed by atoms with E-state index < -0.39 is 6.09 Å². The summed E-state index contributed by atoms with van der Waals surface area (Å²) in [5.74, 6) is 0.473. The van der Waals surface area contributed by atoms with Crippen LogP contribution in [0, 0.1) is 17.7 Å². The standard InChI is InChI=1S/C21H23FN2O2/c1-13-19(15-7-8-15)23-18-10-9-16(22)11-17(18)20(13)24-21(25)26-12-14-5-3-2-4-6-14/h2-6,9-11,13,15,19-20,23H,7-8,12H2,1H3,(H,24,25)/t13-,19+,20?/m0/s1. The molecule has 2 aromatic carbocycles. The van der Waals surface area contributed by atoms with Crippen LogP contribution in [-0.2, 0) is 11.3 Å². The second-order valence-corrected chi connectivity index (χ2v) is 7.28. The normalized spacial score (nSPS) is 24.3. The van der Waals surface area contributed by atoms with Crippen molar-refractivity contribution in [3.8, 4) is 0 Å². The van der Waals surface area contributed by atoms with Gasteiger partial charge in [-0.1, -0.05) is 37.3 Å². The van der Waals surface area contributed by atoms with Gasteiger partial charge in [0.05, 0.1) is 6.04 Å². The number of fused-ring (bicyclic) bond motifs is 1. The van der Waals surface area contributed by atoms with Gasteiger partial charge in [0, 0.05) is 23.2 Å². The molecule has 5 heteroatoms. The van der Waals surface area contributed by atoms with Crippen molar-refractivity contribution in [2.45, 2.75) is 38.5 Å². The fourth-order valence-corrected chi connectivity index (χ4v) is 3.83. The number of alkyl carbamates (subject to hydrolysis) is 1. The number of hydrogen-bond acceptors (Lipinski definition) is 3.